The fraction of sp³-hybridized carbons (Fsp3) is 0.615. The van der Waals surface area contributed by atoms with Crippen LogP contribution in [0.3, 0.4) is 0 Å². The molecule has 0 saturated heterocycles. The molecule has 1 N–H and O–H groups in total. The highest BCUT2D eigenvalue weighted by atomic mass is 35.5. The minimum Gasteiger partial charge on any atom is -0.477 e. The first-order valence-corrected chi connectivity index (χ1v) is 7.89. The highest BCUT2D eigenvalue weighted by Crippen LogP contribution is 2.37. The van der Waals surface area contributed by atoms with E-state index in [1.807, 2.05) is 0 Å². The summed E-state index contributed by atoms with van der Waals surface area (Å²) in [5.74, 6) is -1.10. The maximum absolute atomic E-state index is 12.3. The van der Waals surface area contributed by atoms with Gasteiger partial charge in [0, 0.05) is 6.04 Å². The zero-order valence-corrected chi connectivity index (χ0v) is 13.6. The first-order chi connectivity index (χ1) is 9.73. The number of hydrogen-bond donors (Lipinski definition) is 1. The lowest BCUT2D eigenvalue weighted by Crippen LogP contribution is -2.38. The summed E-state index contributed by atoms with van der Waals surface area (Å²) >= 11 is 6.67. The molecule has 0 radical (unpaired) electrons. The quantitative estimate of drug-likeness (QED) is 0.854. The van der Waals surface area contributed by atoms with Gasteiger partial charge in [-0.1, -0.05) is 11.3 Å². The number of hydrogen-bond acceptors (Lipinski definition) is 5. The molecule has 0 unspecified atom stereocenters. The van der Waals surface area contributed by atoms with Gasteiger partial charge in [0.25, 0.3) is 0 Å². The molecule has 1 aliphatic rings. The number of aromatic carboxylic acids is 1. The molecule has 6 nitrogen and oxygen atoms in total. The number of carbonyl (C=O) groups excluding carboxylic acids is 1. The van der Waals surface area contributed by atoms with Crippen LogP contribution < -0.4 is 4.90 Å². The molecule has 8 heteroatoms. The van der Waals surface area contributed by atoms with Gasteiger partial charge in [-0.2, -0.15) is 0 Å². The Labute approximate surface area is 131 Å². The Morgan fingerprint density at radius 3 is 2.48 bits per heavy atom. The Morgan fingerprint density at radius 2 is 2.10 bits per heavy atom. The van der Waals surface area contributed by atoms with Crippen molar-refractivity contribution in [3.8, 4) is 0 Å². The summed E-state index contributed by atoms with van der Waals surface area (Å²) in [6, 6.07) is 0.0239. The van der Waals surface area contributed by atoms with Crippen LogP contribution in [0, 0.1) is 0 Å². The predicted molar refractivity (Wildman–Crippen MR) is 80.4 cm³/mol. The van der Waals surface area contributed by atoms with E-state index in [9.17, 15) is 9.59 Å². The van der Waals surface area contributed by atoms with Crippen molar-refractivity contribution in [3.05, 3.63) is 10.6 Å². The number of alkyl halides is 1. The lowest BCUT2D eigenvalue weighted by Gasteiger charge is -2.25. The minimum atomic E-state index is -1.09. The van der Waals surface area contributed by atoms with Crippen LogP contribution in [0.15, 0.2) is 0 Å². The van der Waals surface area contributed by atoms with Crippen molar-refractivity contribution in [1.29, 1.82) is 0 Å². The molecule has 0 spiro atoms. The second-order valence-corrected chi connectivity index (χ2v) is 7.04. The average molecular weight is 333 g/mol. The van der Waals surface area contributed by atoms with Crippen LogP contribution in [0.25, 0.3) is 0 Å². The molecule has 1 aliphatic carbocycles. The summed E-state index contributed by atoms with van der Waals surface area (Å²) in [5.41, 5.74) is -0.342. The molecule has 116 valence electrons. The van der Waals surface area contributed by atoms with Gasteiger partial charge < -0.3 is 9.84 Å². The summed E-state index contributed by atoms with van der Waals surface area (Å²) in [4.78, 5) is 29.2. The average Bonchev–Trinajstić information content (AvgIpc) is 3.05. The van der Waals surface area contributed by atoms with Crippen LogP contribution in [-0.4, -0.2) is 33.8 Å². The van der Waals surface area contributed by atoms with Crippen LogP contribution in [0.4, 0.5) is 9.93 Å². The maximum atomic E-state index is 12.3. The number of nitrogens with zero attached hydrogens (tertiary/aromatic N) is 2. The third-order valence-corrected chi connectivity index (χ3v) is 4.05. The third kappa shape index (κ3) is 3.85. The molecule has 21 heavy (non-hydrogen) atoms. The number of amides is 1. The Hall–Kier alpha value is -1.34. The lowest BCUT2D eigenvalue weighted by atomic mass is 10.2. The Morgan fingerprint density at radius 1 is 1.48 bits per heavy atom. The molecule has 1 heterocycles. The van der Waals surface area contributed by atoms with Gasteiger partial charge in [-0.15, -0.1) is 11.6 Å². The predicted octanol–water partition coefficient (Wildman–Crippen LogP) is 3.48. The molecule has 1 fully saturated rings. The van der Waals surface area contributed by atoms with Gasteiger partial charge in [-0.05, 0) is 33.6 Å². The molecule has 0 bridgehead atoms. The smallest absolute Gasteiger partial charge is 0.416 e. The molecule has 1 aromatic heterocycles. The highest BCUT2D eigenvalue weighted by Gasteiger charge is 2.39. The van der Waals surface area contributed by atoms with Crippen molar-refractivity contribution in [1.82, 2.24) is 4.98 Å². The number of halogens is 1. The number of ether oxygens (including phenoxy) is 1. The topological polar surface area (TPSA) is 79.7 Å². The van der Waals surface area contributed by atoms with E-state index in [2.05, 4.69) is 4.98 Å². The number of carbonyl (C=O) groups is 2. The van der Waals surface area contributed by atoms with E-state index in [-0.39, 0.29) is 22.5 Å². The number of rotatable bonds is 4. The van der Waals surface area contributed by atoms with Crippen LogP contribution in [-0.2, 0) is 10.6 Å². The van der Waals surface area contributed by atoms with Crippen molar-refractivity contribution in [2.45, 2.75) is 51.1 Å². The van der Waals surface area contributed by atoms with E-state index in [4.69, 9.17) is 21.4 Å². The van der Waals surface area contributed by atoms with Crippen LogP contribution in [0.1, 0.15) is 49.0 Å². The van der Waals surface area contributed by atoms with Crippen LogP contribution >= 0.6 is 22.9 Å². The van der Waals surface area contributed by atoms with E-state index in [1.165, 1.54) is 4.90 Å². The van der Waals surface area contributed by atoms with Crippen molar-refractivity contribution in [2.75, 3.05) is 4.90 Å². The van der Waals surface area contributed by atoms with Gasteiger partial charge in [0.05, 0.1) is 11.6 Å². The van der Waals surface area contributed by atoms with Crippen molar-refractivity contribution in [2.24, 2.45) is 0 Å². The summed E-state index contributed by atoms with van der Waals surface area (Å²) in [5, 5.41) is 9.48. The summed E-state index contributed by atoms with van der Waals surface area (Å²) < 4.78 is 5.37. The Balaban J connectivity index is 2.31. The monoisotopic (exact) mass is 332 g/mol. The number of thiazole rings is 1. The molecular formula is C13H17ClN2O4S. The second-order valence-electron chi connectivity index (χ2n) is 5.79. The van der Waals surface area contributed by atoms with Crippen LogP contribution in [0.2, 0.25) is 0 Å². The summed E-state index contributed by atoms with van der Waals surface area (Å²) in [6.07, 6.45) is 1.21. The second kappa shape index (κ2) is 5.81. The van der Waals surface area contributed by atoms with E-state index in [0.29, 0.717) is 5.13 Å². The third-order valence-electron chi connectivity index (χ3n) is 2.72. The maximum Gasteiger partial charge on any atom is 0.416 e. The zero-order chi connectivity index (χ0) is 15.8. The van der Waals surface area contributed by atoms with Gasteiger partial charge in [0.15, 0.2) is 5.13 Å². The standard InChI is InChI=1S/C13H17ClN2O4S/c1-13(2,3)20-12(19)16(7-4-5-7)11-15-8(6-14)9(21-11)10(17)18/h7H,4-6H2,1-3H3,(H,17,18). The summed E-state index contributed by atoms with van der Waals surface area (Å²) in [7, 11) is 0. The molecule has 1 amide bonds. The van der Waals surface area contributed by atoms with Gasteiger partial charge >= 0.3 is 12.1 Å². The highest BCUT2D eigenvalue weighted by molar-refractivity contribution is 7.17. The number of carboxylic acids is 1. The number of aromatic nitrogens is 1. The first kappa shape index (κ1) is 16.0. The SMILES string of the molecule is CC(C)(C)OC(=O)N(c1nc(CCl)c(C(=O)O)s1)C1CC1. The van der Waals surface area contributed by atoms with E-state index >= 15 is 0 Å². The fourth-order valence-electron chi connectivity index (χ4n) is 1.73. The van der Waals surface area contributed by atoms with Crippen molar-refractivity contribution < 1.29 is 19.4 Å². The van der Waals surface area contributed by atoms with Crippen molar-refractivity contribution >= 4 is 40.1 Å². The van der Waals surface area contributed by atoms with E-state index in [0.717, 1.165) is 24.2 Å². The van der Waals surface area contributed by atoms with Gasteiger partial charge in [0.1, 0.15) is 10.5 Å². The Bertz CT molecular complexity index is 563. The zero-order valence-electron chi connectivity index (χ0n) is 12.1. The lowest BCUT2D eigenvalue weighted by molar-refractivity contribution is 0.0576. The molecule has 2 rings (SSSR count). The van der Waals surface area contributed by atoms with E-state index < -0.39 is 17.7 Å². The van der Waals surface area contributed by atoms with Gasteiger partial charge in [0.2, 0.25) is 0 Å². The molecule has 0 aromatic carbocycles. The van der Waals surface area contributed by atoms with Crippen molar-refractivity contribution in [3.63, 3.8) is 0 Å². The fourth-order valence-corrected chi connectivity index (χ4v) is 2.98. The molecule has 1 saturated carbocycles. The summed E-state index contributed by atoms with van der Waals surface area (Å²) in [6.45, 7) is 5.35. The van der Waals surface area contributed by atoms with E-state index in [1.54, 1.807) is 20.8 Å². The largest absolute Gasteiger partial charge is 0.477 e. The number of carboxylic acid groups (broad SMARTS) is 1. The molecule has 0 aliphatic heterocycles. The normalized spacial score (nSPS) is 14.9. The van der Waals surface area contributed by atoms with Crippen LogP contribution in [0.5, 0.6) is 0 Å². The molecule has 1 aromatic rings. The molecular weight excluding hydrogens is 316 g/mol. The van der Waals surface area contributed by atoms with Gasteiger partial charge in [-0.25, -0.2) is 19.5 Å². The molecule has 0 atom stereocenters. The van der Waals surface area contributed by atoms with Gasteiger partial charge in [-0.3, -0.25) is 0 Å². The minimum absolute atomic E-state index is 0.00897. The Kier molecular flexibility index (Phi) is 4.43. The number of anilines is 1. The first-order valence-electron chi connectivity index (χ1n) is 6.54.